The highest BCUT2D eigenvalue weighted by atomic mass is 16.2. The van der Waals surface area contributed by atoms with E-state index in [1.165, 1.54) is 4.90 Å². The maximum Gasteiger partial charge on any atom is 0.282 e. The third-order valence-corrected chi connectivity index (χ3v) is 6.24. The number of hydrogen-bond acceptors (Lipinski definition) is 5. The Morgan fingerprint density at radius 2 is 1.58 bits per heavy atom. The number of likely N-dealkylation sites (N-methyl/N-ethyl adjacent to an activating group) is 1. The molecule has 6 heteroatoms. The minimum atomic E-state index is -0.326. The van der Waals surface area contributed by atoms with Crippen LogP contribution in [0.4, 0.5) is 5.69 Å². The lowest BCUT2D eigenvalue weighted by atomic mass is 9.99. The zero-order chi connectivity index (χ0) is 22.1. The van der Waals surface area contributed by atoms with Crippen molar-refractivity contribution in [3.8, 4) is 6.07 Å². The highest BCUT2D eigenvalue weighted by Crippen LogP contribution is 2.36. The Hall–Kier alpha value is -3.43. The van der Waals surface area contributed by atoms with Crippen molar-refractivity contribution in [2.75, 3.05) is 32.1 Å². The molecule has 0 N–H and O–H groups in total. The van der Waals surface area contributed by atoms with Crippen LogP contribution < -0.4 is 4.90 Å². The van der Waals surface area contributed by atoms with E-state index in [-0.39, 0.29) is 17.9 Å². The Bertz CT molecular complexity index is 1070. The number of carbonyl (C=O) groups is 2. The first-order valence-corrected chi connectivity index (χ1v) is 10.5. The van der Waals surface area contributed by atoms with Crippen molar-refractivity contribution in [3.05, 3.63) is 70.9 Å². The minimum Gasteiger partial charge on any atom is -0.366 e. The summed E-state index contributed by atoms with van der Waals surface area (Å²) in [5.41, 5.74) is 3.69. The minimum absolute atomic E-state index is 0.198. The SMILES string of the molecule is Cc1ccc(C2=C(N(C)C3CCN(C)CC3)C(=O)N(c3ccc(C#N)cc3)C2=O)cc1. The van der Waals surface area contributed by atoms with Crippen molar-refractivity contribution in [3.63, 3.8) is 0 Å². The van der Waals surface area contributed by atoms with Crippen LogP contribution >= 0.6 is 0 Å². The lowest BCUT2D eigenvalue weighted by Gasteiger charge is -2.36. The summed E-state index contributed by atoms with van der Waals surface area (Å²) in [5.74, 6) is -0.639. The molecule has 2 aromatic carbocycles. The monoisotopic (exact) mass is 414 g/mol. The van der Waals surface area contributed by atoms with Gasteiger partial charge in [-0.25, -0.2) is 4.90 Å². The molecule has 1 fully saturated rings. The first-order chi connectivity index (χ1) is 14.9. The number of likely N-dealkylation sites (tertiary alicyclic amines) is 1. The molecule has 2 heterocycles. The molecular formula is C25H26N4O2. The van der Waals surface area contributed by atoms with Gasteiger partial charge in [0.2, 0.25) is 0 Å². The Balaban J connectivity index is 1.77. The number of nitrogens with zero attached hydrogens (tertiary/aromatic N) is 4. The van der Waals surface area contributed by atoms with Crippen LogP contribution in [0.2, 0.25) is 0 Å². The molecular weight excluding hydrogens is 388 g/mol. The normalized spacial score (nSPS) is 17.9. The fourth-order valence-electron chi connectivity index (χ4n) is 4.31. The van der Waals surface area contributed by atoms with Gasteiger partial charge in [0.1, 0.15) is 5.70 Å². The van der Waals surface area contributed by atoms with Gasteiger partial charge in [0.15, 0.2) is 0 Å². The second-order valence-electron chi connectivity index (χ2n) is 8.34. The van der Waals surface area contributed by atoms with E-state index in [9.17, 15) is 9.59 Å². The number of anilines is 1. The number of nitriles is 1. The van der Waals surface area contributed by atoms with Crippen molar-refractivity contribution < 1.29 is 9.59 Å². The van der Waals surface area contributed by atoms with E-state index in [0.29, 0.717) is 22.5 Å². The van der Waals surface area contributed by atoms with E-state index in [4.69, 9.17) is 5.26 Å². The van der Waals surface area contributed by atoms with Gasteiger partial charge >= 0.3 is 0 Å². The van der Waals surface area contributed by atoms with E-state index in [2.05, 4.69) is 18.0 Å². The fourth-order valence-corrected chi connectivity index (χ4v) is 4.31. The van der Waals surface area contributed by atoms with Gasteiger partial charge in [-0.1, -0.05) is 29.8 Å². The van der Waals surface area contributed by atoms with Crippen molar-refractivity contribution in [1.29, 1.82) is 5.26 Å². The molecule has 0 bridgehead atoms. The quantitative estimate of drug-likeness (QED) is 0.719. The lowest BCUT2D eigenvalue weighted by Crippen LogP contribution is -2.43. The van der Waals surface area contributed by atoms with Crippen LogP contribution in [-0.4, -0.2) is 54.8 Å². The average molecular weight is 415 g/mol. The fraction of sp³-hybridized carbons (Fsp3) is 0.320. The topological polar surface area (TPSA) is 67.7 Å². The molecule has 0 unspecified atom stereocenters. The third kappa shape index (κ3) is 3.85. The molecule has 158 valence electrons. The lowest BCUT2D eigenvalue weighted by molar-refractivity contribution is -0.120. The van der Waals surface area contributed by atoms with Crippen LogP contribution in [0.15, 0.2) is 54.2 Å². The summed E-state index contributed by atoms with van der Waals surface area (Å²) in [5, 5.41) is 9.07. The predicted octanol–water partition coefficient (Wildman–Crippen LogP) is 3.18. The zero-order valence-corrected chi connectivity index (χ0v) is 18.1. The van der Waals surface area contributed by atoms with Crippen molar-refractivity contribution in [2.45, 2.75) is 25.8 Å². The summed E-state index contributed by atoms with van der Waals surface area (Å²) in [6, 6.07) is 16.5. The molecule has 0 aromatic heterocycles. The van der Waals surface area contributed by atoms with Crippen LogP contribution in [0.3, 0.4) is 0 Å². The van der Waals surface area contributed by atoms with Crippen molar-refractivity contribution in [1.82, 2.24) is 9.80 Å². The number of aryl methyl sites for hydroxylation is 1. The highest BCUT2D eigenvalue weighted by Gasteiger charge is 2.43. The Morgan fingerprint density at radius 3 is 2.16 bits per heavy atom. The van der Waals surface area contributed by atoms with Crippen LogP contribution in [0.5, 0.6) is 0 Å². The van der Waals surface area contributed by atoms with Gasteiger partial charge in [-0.2, -0.15) is 5.26 Å². The van der Waals surface area contributed by atoms with Gasteiger partial charge in [-0.15, -0.1) is 0 Å². The maximum atomic E-state index is 13.6. The second-order valence-corrected chi connectivity index (χ2v) is 8.34. The molecule has 0 saturated carbocycles. The van der Waals surface area contributed by atoms with Crippen LogP contribution in [0.1, 0.15) is 29.5 Å². The third-order valence-electron chi connectivity index (χ3n) is 6.24. The number of benzene rings is 2. The van der Waals surface area contributed by atoms with Gasteiger partial charge in [-0.05, 0) is 69.7 Å². The van der Waals surface area contributed by atoms with Crippen LogP contribution in [-0.2, 0) is 9.59 Å². The number of rotatable bonds is 4. The predicted molar refractivity (Wildman–Crippen MR) is 120 cm³/mol. The Kier molecular flexibility index (Phi) is 5.62. The smallest absolute Gasteiger partial charge is 0.282 e. The van der Waals surface area contributed by atoms with Gasteiger partial charge in [0.05, 0.1) is 22.9 Å². The number of carbonyl (C=O) groups excluding carboxylic acids is 2. The maximum absolute atomic E-state index is 13.6. The zero-order valence-electron chi connectivity index (χ0n) is 18.1. The summed E-state index contributed by atoms with van der Waals surface area (Å²) in [7, 11) is 4.02. The number of imide groups is 1. The summed E-state index contributed by atoms with van der Waals surface area (Å²) < 4.78 is 0. The molecule has 0 aliphatic carbocycles. The number of hydrogen-bond donors (Lipinski definition) is 0. The summed E-state index contributed by atoms with van der Waals surface area (Å²) >= 11 is 0. The van der Waals surface area contributed by atoms with E-state index < -0.39 is 0 Å². The van der Waals surface area contributed by atoms with Crippen molar-refractivity contribution >= 4 is 23.1 Å². The van der Waals surface area contributed by atoms with Crippen LogP contribution in [0, 0.1) is 18.3 Å². The number of amides is 2. The molecule has 2 amide bonds. The largest absolute Gasteiger partial charge is 0.366 e. The molecule has 0 atom stereocenters. The van der Waals surface area contributed by atoms with E-state index in [0.717, 1.165) is 37.1 Å². The molecule has 31 heavy (non-hydrogen) atoms. The first-order valence-electron chi connectivity index (χ1n) is 10.5. The van der Waals surface area contributed by atoms with Crippen molar-refractivity contribution in [2.24, 2.45) is 0 Å². The first kappa shape index (κ1) is 20.8. The molecule has 2 aromatic rings. The van der Waals surface area contributed by atoms with Gasteiger partial charge < -0.3 is 9.80 Å². The number of piperidine rings is 1. The molecule has 1 saturated heterocycles. The average Bonchev–Trinajstić information content (AvgIpc) is 3.04. The molecule has 6 nitrogen and oxygen atoms in total. The summed E-state index contributed by atoms with van der Waals surface area (Å²) in [6.07, 6.45) is 1.88. The molecule has 0 radical (unpaired) electrons. The van der Waals surface area contributed by atoms with Crippen LogP contribution in [0.25, 0.3) is 5.57 Å². The summed E-state index contributed by atoms with van der Waals surface area (Å²) in [4.78, 5) is 32.7. The Labute approximate surface area is 183 Å². The van der Waals surface area contributed by atoms with Gasteiger partial charge in [-0.3, -0.25) is 9.59 Å². The molecule has 4 rings (SSSR count). The summed E-state index contributed by atoms with van der Waals surface area (Å²) in [6.45, 7) is 3.92. The van der Waals surface area contributed by atoms with E-state index >= 15 is 0 Å². The van der Waals surface area contributed by atoms with E-state index in [1.54, 1.807) is 24.3 Å². The molecule has 0 spiro atoms. The standard InChI is InChI=1S/C25H26N4O2/c1-17-4-8-19(9-5-17)22-23(28(3)20-12-14-27(2)15-13-20)25(31)29(24(22)30)21-10-6-18(16-26)7-11-21/h4-11,20H,12-15H2,1-3H3. The molecule has 2 aliphatic heterocycles. The van der Waals surface area contributed by atoms with E-state index in [1.807, 2.05) is 43.1 Å². The van der Waals surface area contributed by atoms with Gasteiger partial charge in [0, 0.05) is 13.1 Å². The Morgan fingerprint density at radius 1 is 0.968 bits per heavy atom. The molecule has 2 aliphatic rings. The van der Waals surface area contributed by atoms with Gasteiger partial charge in [0.25, 0.3) is 11.8 Å². The second kappa shape index (κ2) is 8.37. The highest BCUT2D eigenvalue weighted by molar-refractivity contribution is 6.45.